The average Bonchev–Trinajstić information content (AvgIpc) is 2.56. The van der Waals surface area contributed by atoms with Gasteiger partial charge in [0, 0.05) is 15.3 Å². The molecule has 0 aliphatic carbocycles. The quantitative estimate of drug-likeness (QED) is 0.793. The van der Waals surface area contributed by atoms with Crippen LogP contribution in [0, 0.1) is 3.57 Å². The lowest BCUT2D eigenvalue weighted by molar-refractivity contribution is 1.09. The second-order valence-electron chi connectivity index (χ2n) is 2.48. The molecule has 1 N–H and O–H groups in total. The fraction of sp³-hybridized carbons (Fsp3) is 0. The Hall–Kier alpha value is -0.840. The van der Waals surface area contributed by atoms with Crippen LogP contribution in [0.1, 0.15) is 0 Å². The number of H-pyrrole nitrogens is 1. The number of aromatic amines is 1. The Morgan fingerprint density at radius 3 is 2.83 bits per heavy atom. The van der Waals surface area contributed by atoms with E-state index in [2.05, 4.69) is 51.0 Å². The maximum atomic E-state index is 3.90. The highest BCUT2D eigenvalue weighted by molar-refractivity contribution is 14.1. The number of rotatable bonds is 1. The smallest absolute Gasteiger partial charge is 0.0650 e. The van der Waals surface area contributed by atoms with E-state index in [1.54, 1.807) is 6.20 Å². The van der Waals surface area contributed by atoms with Crippen molar-refractivity contribution in [3.63, 3.8) is 0 Å². The third kappa shape index (κ3) is 1.50. The molecule has 0 spiro atoms. The van der Waals surface area contributed by atoms with Crippen LogP contribution in [-0.2, 0) is 0 Å². The maximum absolute atomic E-state index is 3.90. The minimum absolute atomic E-state index is 1.06. The molecular formula is C9H7IN2. The number of hydrogen-bond donors (Lipinski definition) is 1. The van der Waals surface area contributed by atoms with Crippen LogP contribution < -0.4 is 0 Å². The first-order valence-corrected chi connectivity index (χ1v) is 4.69. The van der Waals surface area contributed by atoms with E-state index < -0.39 is 0 Å². The van der Waals surface area contributed by atoms with Gasteiger partial charge in [-0.15, -0.1) is 0 Å². The molecule has 3 heteroatoms. The van der Waals surface area contributed by atoms with Crippen molar-refractivity contribution in [2.45, 2.75) is 0 Å². The summed E-state index contributed by atoms with van der Waals surface area (Å²) in [6.07, 6.45) is 1.76. The van der Waals surface area contributed by atoms with Gasteiger partial charge in [0.15, 0.2) is 0 Å². The molecule has 2 nitrogen and oxygen atoms in total. The zero-order valence-electron chi connectivity index (χ0n) is 6.29. The van der Waals surface area contributed by atoms with Crippen LogP contribution in [0.4, 0.5) is 0 Å². The van der Waals surface area contributed by atoms with Crippen LogP contribution >= 0.6 is 22.6 Å². The van der Waals surface area contributed by atoms with E-state index in [9.17, 15) is 0 Å². The number of halogens is 1. The van der Waals surface area contributed by atoms with E-state index in [0.717, 1.165) is 5.69 Å². The van der Waals surface area contributed by atoms with Gasteiger partial charge in [0.2, 0.25) is 0 Å². The summed E-state index contributed by atoms with van der Waals surface area (Å²) in [5.74, 6) is 0. The third-order valence-corrected chi connectivity index (χ3v) is 2.31. The summed E-state index contributed by atoms with van der Waals surface area (Å²) in [5.41, 5.74) is 2.24. The van der Waals surface area contributed by atoms with Crippen molar-refractivity contribution in [1.82, 2.24) is 10.2 Å². The molecule has 0 saturated heterocycles. The van der Waals surface area contributed by atoms with Crippen molar-refractivity contribution in [2.24, 2.45) is 0 Å². The number of hydrogen-bond acceptors (Lipinski definition) is 1. The van der Waals surface area contributed by atoms with Gasteiger partial charge in [0.05, 0.1) is 5.69 Å². The molecule has 12 heavy (non-hydrogen) atoms. The van der Waals surface area contributed by atoms with Gasteiger partial charge in [-0.1, -0.05) is 12.1 Å². The third-order valence-electron chi connectivity index (χ3n) is 1.64. The zero-order valence-corrected chi connectivity index (χ0v) is 8.45. The molecule has 2 rings (SSSR count). The van der Waals surface area contributed by atoms with Crippen molar-refractivity contribution < 1.29 is 0 Å². The number of nitrogens with zero attached hydrogens (tertiary/aromatic N) is 1. The summed E-state index contributed by atoms with van der Waals surface area (Å²) in [6, 6.07) is 10.3. The Bertz CT molecular complexity index is 368. The second kappa shape index (κ2) is 3.26. The topological polar surface area (TPSA) is 28.7 Å². The lowest BCUT2D eigenvalue weighted by atomic mass is 10.2. The molecule has 0 unspecified atom stereocenters. The van der Waals surface area contributed by atoms with Gasteiger partial charge in [-0.25, -0.2) is 0 Å². The maximum Gasteiger partial charge on any atom is 0.0650 e. The molecule has 0 aliphatic rings. The minimum Gasteiger partial charge on any atom is -0.278 e. The first kappa shape index (κ1) is 7.79. The van der Waals surface area contributed by atoms with E-state index >= 15 is 0 Å². The van der Waals surface area contributed by atoms with E-state index in [1.165, 1.54) is 9.13 Å². The lowest BCUT2D eigenvalue weighted by Crippen LogP contribution is -1.78. The summed E-state index contributed by atoms with van der Waals surface area (Å²) in [4.78, 5) is 0. The molecule has 60 valence electrons. The highest BCUT2D eigenvalue weighted by Crippen LogP contribution is 2.17. The predicted octanol–water partition coefficient (Wildman–Crippen LogP) is 2.68. The van der Waals surface area contributed by atoms with E-state index in [4.69, 9.17) is 0 Å². The molecule has 1 aromatic carbocycles. The predicted molar refractivity (Wildman–Crippen MR) is 56.7 cm³/mol. The van der Waals surface area contributed by atoms with E-state index in [0.29, 0.717) is 0 Å². The Labute approximate surface area is 84.1 Å². The second-order valence-corrected chi connectivity index (χ2v) is 3.73. The summed E-state index contributed by atoms with van der Waals surface area (Å²) < 4.78 is 1.24. The number of nitrogens with one attached hydrogen (secondary N) is 1. The van der Waals surface area contributed by atoms with Crippen LogP contribution in [0.5, 0.6) is 0 Å². The first-order valence-electron chi connectivity index (χ1n) is 3.61. The van der Waals surface area contributed by atoms with Crippen molar-refractivity contribution >= 4 is 22.6 Å². The normalized spacial score (nSPS) is 10.1. The lowest BCUT2D eigenvalue weighted by Gasteiger charge is -1.96. The van der Waals surface area contributed by atoms with Crippen LogP contribution in [0.2, 0.25) is 0 Å². The average molecular weight is 270 g/mol. The fourth-order valence-electron chi connectivity index (χ4n) is 1.07. The van der Waals surface area contributed by atoms with Gasteiger partial charge in [0.25, 0.3) is 0 Å². The van der Waals surface area contributed by atoms with Crippen molar-refractivity contribution in [3.8, 4) is 11.3 Å². The van der Waals surface area contributed by atoms with Crippen LogP contribution in [-0.4, -0.2) is 10.2 Å². The molecule has 1 heterocycles. The SMILES string of the molecule is Ic1cccc(-c2ccn[nH]2)c1. The highest BCUT2D eigenvalue weighted by atomic mass is 127. The Morgan fingerprint density at radius 1 is 1.25 bits per heavy atom. The Morgan fingerprint density at radius 2 is 2.17 bits per heavy atom. The molecule has 1 aromatic heterocycles. The van der Waals surface area contributed by atoms with Gasteiger partial charge in [-0.05, 0) is 40.8 Å². The van der Waals surface area contributed by atoms with Crippen molar-refractivity contribution in [3.05, 3.63) is 40.1 Å². The standard InChI is InChI=1S/C9H7IN2/c10-8-3-1-2-7(6-8)9-4-5-11-12-9/h1-6H,(H,11,12). The van der Waals surface area contributed by atoms with E-state index in [1.807, 2.05) is 12.1 Å². The van der Waals surface area contributed by atoms with Gasteiger partial charge in [-0.2, -0.15) is 5.10 Å². The largest absolute Gasteiger partial charge is 0.278 e. The van der Waals surface area contributed by atoms with E-state index in [-0.39, 0.29) is 0 Å². The summed E-state index contributed by atoms with van der Waals surface area (Å²) in [7, 11) is 0. The highest BCUT2D eigenvalue weighted by Gasteiger charge is 1.97. The Kier molecular flexibility index (Phi) is 2.12. The molecule has 0 saturated carbocycles. The molecule has 0 atom stereocenters. The summed E-state index contributed by atoms with van der Waals surface area (Å²) in [6.45, 7) is 0. The fourth-order valence-corrected chi connectivity index (χ4v) is 1.62. The first-order chi connectivity index (χ1) is 5.86. The zero-order chi connectivity index (χ0) is 8.39. The van der Waals surface area contributed by atoms with Crippen LogP contribution in [0.25, 0.3) is 11.3 Å². The number of aromatic nitrogens is 2. The van der Waals surface area contributed by atoms with Gasteiger partial charge < -0.3 is 0 Å². The van der Waals surface area contributed by atoms with Gasteiger partial charge in [-0.3, -0.25) is 5.10 Å². The molecular weight excluding hydrogens is 263 g/mol. The monoisotopic (exact) mass is 270 g/mol. The van der Waals surface area contributed by atoms with Crippen LogP contribution in [0.3, 0.4) is 0 Å². The molecule has 0 bridgehead atoms. The molecule has 2 aromatic rings. The van der Waals surface area contributed by atoms with Crippen molar-refractivity contribution in [2.75, 3.05) is 0 Å². The molecule has 0 aliphatic heterocycles. The van der Waals surface area contributed by atoms with Crippen molar-refractivity contribution in [1.29, 1.82) is 0 Å². The Balaban J connectivity index is 2.48. The molecule has 0 amide bonds. The van der Waals surface area contributed by atoms with Gasteiger partial charge >= 0.3 is 0 Å². The molecule has 0 fully saturated rings. The van der Waals surface area contributed by atoms with Crippen LogP contribution in [0.15, 0.2) is 36.5 Å². The molecule has 0 radical (unpaired) electrons. The summed E-state index contributed by atoms with van der Waals surface area (Å²) in [5, 5.41) is 6.83. The van der Waals surface area contributed by atoms with Gasteiger partial charge in [0.1, 0.15) is 0 Å². The number of benzene rings is 1. The minimum atomic E-state index is 1.06. The summed E-state index contributed by atoms with van der Waals surface area (Å²) >= 11 is 2.30.